The molecule has 0 fully saturated rings. The molecule has 0 saturated heterocycles. The van der Waals surface area contributed by atoms with E-state index in [0.29, 0.717) is 11.0 Å². The number of H-pyrrole nitrogens is 1. The standard InChI is InChI=1S/C17H12BrF3N4OS/c18-12-6-4-10(5-7-12)15-23-16(25-24-15)27-9-14(26)22-13-3-1-2-11(8-13)17(19,20)21/h1-8H,9H2,(H,22,26)(H,23,24,25). The van der Waals surface area contributed by atoms with Gasteiger partial charge in [0.1, 0.15) is 0 Å². The van der Waals surface area contributed by atoms with E-state index in [0.717, 1.165) is 33.9 Å². The normalized spacial score (nSPS) is 11.4. The lowest BCUT2D eigenvalue weighted by atomic mass is 10.2. The number of aromatic amines is 1. The van der Waals surface area contributed by atoms with Gasteiger partial charge in [0.25, 0.3) is 0 Å². The first-order chi connectivity index (χ1) is 12.8. The highest BCUT2D eigenvalue weighted by molar-refractivity contribution is 9.10. The van der Waals surface area contributed by atoms with E-state index in [1.807, 2.05) is 24.3 Å². The quantitative estimate of drug-likeness (QED) is 0.530. The van der Waals surface area contributed by atoms with Crippen LogP contribution >= 0.6 is 27.7 Å². The van der Waals surface area contributed by atoms with Crippen molar-refractivity contribution in [2.75, 3.05) is 11.1 Å². The second-order valence-electron chi connectivity index (χ2n) is 5.39. The third-order valence-electron chi connectivity index (χ3n) is 3.39. The van der Waals surface area contributed by atoms with Crippen molar-refractivity contribution >= 4 is 39.3 Å². The van der Waals surface area contributed by atoms with Gasteiger partial charge in [-0.2, -0.15) is 13.2 Å². The van der Waals surface area contributed by atoms with E-state index in [4.69, 9.17) is 0 Å². The number of alkyl halides is 3. The van der Waals surface area contributed by atoms with Crippen molar-refractivity contribution in [3.05, 3.63) is 58.6 Å². The van der Waals surface area contributed by atoms with Crippen LogP contribution in [0, 0.1) is 0 Å². The van der Waals surface area contributed by atoms with Gasteiger partial charge in [0.2, 0.25) is 11.1 Å². The Morgan fingerprint density at radius 1 is 1.19 bits per heavy atom. The van der Waals surface area contributed by atoms with Gasteiger partial charge in [-0.15, -0.1) is 5.10 Å². The molecular weight excluding hydrogens is 445 g/mol. The lowest BCUT2D eigenvalue weighted by Crippen LogP contribution is -2.15. The molecule has 0 radical (unpaired) electrons. The number of nitrogens with zero attached hydrogens (tertiary/aromatic N) is 2. The van der Waals surface area contributed by atoms with Gasteiger partial charge >= 0.3 is 6.18 Å². The van der Waals surface area contributed by atoms with Crippen molar-refractivity contribution in [1.82, 2.24) is 15.2 Å². The summed E-state index contributed by atoms with van der Waals surface area (Å²) in [6, 6.07) is 11.9. The topological polar surface area (TPSA) is 70.7 Å². The fourth-order valence-electron chi connectivity index (χ4n) is 2.15. The van der Waals surface area contributed by atoms with Crippen molar-refractivity contribution in [1.29, 1.82) is 0 Å². The molecule has 5 nitrogen and oxygen atoms in total. The minimum Gasteiger partial charge on any atom is -0.325 e. The van der Waals surface area contributed by atoms with Gasteiger partial charge in [0.15, 0.2) is 5.82 Å². The van der Waals surface area contributed by atoms with Crippen LogP contribution in [0.15, 0.2) is 58.2 Å². The molecule has 10 heteroatoms. The first-order valence-electron chi connectivity index (χ1n) is 7.59. The third-order valence-corrected chi connectivity index (χ3v) is 4.76. The molecule has 3 rings (SSSR count). The summed E-state index contributed by atoms with van der Waals surface area (Å²) in [6.07, 6.45) is -4.46. The zero-order valence-electron chi connectivity index (χ0n) is 13.5. The Morgan fingerprint density at radius 3 is 2.63 bits per heavy atom. The summed E-state index contributed by atoms with van der Waals surface area (Å²) in [5, 5.41) is 9.62. The van der Waals surface area contributed by atoms with Crippen LogP contribution in [0.2, 0.25) is 0 Å². The Balaban J connectivity index is 1.58. The maximum absolute atomic E-state index is 12.7. The molecule has 1 aromatic heterocycles. The fourth-order valence-corrected chi connectivity index (χ4v) is 3.01. The van der Waals surface area contributed by atoms with E-state index in [9.17, 15) is 18.0 Å². The number of hydrogen-bond acceptors (Lipinski definition) is 4. The van der Waals surface area contributed by atoms with Gasteiger partial charge in [0.05, 0.1) is 11.3 Å². The first kappa shape index (κ1) is 19.4. The van der Waals surface area contributed by atoms with Gasteiger partial charge < -0.3 is 5.32 Å². The summed E-state index contributed by atoms with van der Waals surface area (Å²) in [7, 11) is 0. The van der Waals surface area contributed by atoms with Gasteiger partial charge in [0, 0.05) is 15.7 Å². The molecule has 3 aromatic rings. The SMILES string of the molecule is O=C(CSc1n[nH]c(-c2ccc(Br)cc2)n1)Nc1cccc(C(F)(F)F)c1. The van der Waals surface area contributed by atoms with Crippen LogP contribution in [-0.4, -0.2) is 26.8 Å². The van der Waals surface area contributed by atoms with Crippen molar-refractivity contribution in [2.45, 2.75) is 11.3 Å². The number of benzene rings is 2. The molecule has 0 aliphatic carbocycles. The van der Waals surface area contributed by atoms with Crippen LogP contribution in [0.5, 0.6) is 0 Å². The number of hydrogen-bond donors (Lipinski definition) is 2. The van der Waals surface area contributed by atoms with Crippen LogP contribution in [0.3, 0.4) is 0 Å². The van der Waals surface area contributed by atoms with Crippen molar-refractivity contribution < 1.29 is 18.0 Å². The summed E-state index contributed by atoms with van der Waals surface area (Å²) in [4.78, 5) is 16.3. The maximum Gasteiger partial charge on any atom is 0.416 e. The molecular formula is C17H12BrF3N4OS. The predicted molar refractivity (Wildman–Crippen MR) is 100 cm³/mol. The summed E-state index contributed by atoms with van der Waals surface area (Å²) in [5.74, 6) is 0.0750. The molecule has 140 valence electrons. The van der Waals surface area contributed by atoms with Crippen LogP contribution in [-0.2, 0) is 11.0 Å². The third kappa shape index (κ3) is 5.33. The summed E-state index contributed by atoms with van der Waals surface area (Å²) >= 11 is 4.43. The lowest BCUT2D eigenvalue weighted by Gasteiger charge is -2.09. The molecule has 0 saturated carbocycles. The van der Waals surface area contributed by atoms with E-state index in [-0.39, 0.29) is 11.4 Å². The highest BCUT2D eigenvalue weighted by Crippen LogP contribution is 2.30. The smallest absolute Gasteiger partial charge is 0.325 e. The Bertz CT molecular complexity index is 944. The zero-order valence-corrected chi connectivity index (χ0v) is 16.0. The number of aromatic nitrogens is 3. The van der Waals surface area contributed by atoms with Crippen LogP contribution in [0.1, 0.15) is 5.56 Å². The second-order valence-corrected chi connectivity index (χ2v) is 7.25. The molecule has 0 unspecified atom stereocenters. The lowest BCUT2D eigenvalue weighted by molar-refractivity contribution is -0.137. The number of carbonyl (C=O) groups excluding carboxylic acids is 1. The number of carbonyl (C=O) groups is 1. The number of nitrogens with one attached hydrogen (secondary N) is 2. The Morgan fingerprint density at radius 2 is 1.93 bits per heavy atom. The molecule has 0 atom stereocenters. The maximum atomic E-state index is 12.7. The van der Waals surface area contributed by atoms with Crippen molar-refractivity contribution in [3.63, 3.8) is 0 Å². The molecule has 1 heterocycles. The van der Waals surface area contributed by atoms with Crippen molar-refractivity contribution in [2.24, 2.45) is 0 Å². The molecule has 0 spiro atoms. The zero-order chi connectivity index (χ0) is 19.4. The van der Waals surface area contributed by atoms with Gasteiger partial charge in [-0.05, 0) is 30.3 Å². The Hall–Kier alpha value is -2.33. The predicted octanol–water partition coefficient (Wildman–Crippen LogP) is 4.98. The van der Waals surface area contributed by atoms with E-state index in [2.05, 4.69) is 36.4 Å². The van der Waals surface area contributed by atoms with E-state index in [1.165, 1.54) is 12.1 Å². The van der Waals surface area contributed by atoms with Gasteiger partial charge in [-0.25, -0.2) is 4.98 Å². The summed E-state index contributed by atoms with van der Waals surface area (Å²) < 4.78 is 39.0. The summed E-state index contributed by atoms with van der Waals surface area (Å²) in [6.45, 7) is 0. The van der Waals surface area contributed by atoms with Crippen molar-refractivity contribution in [3.8, 4) is 11.4 Å². The number of thioether (sulfide) groups is 1. The first-order valence-corrected chi connectivity index (χ1v) is 9.37. The fraction of sp³-hybridized carbons (Fsp3) is 0.118. The molecule has 27 heavy (non-hydrogen) atoms. The van der Waals surface area contributed by atoms with Crippen LogP contribution in [0.4, 0.5) is 18.9 Å². The average molecular weight is 457 g/mol. The van der Waals surface area contributed by atoms with E-state index in [1.54, 1.807) is 0 Å². The average Bonchev–Trinajstić information content (AvgIpc) is 3.09. The highest BCUT2D eigenvalue weighted by atomic mass is 79.9. The minimum atomic E-state index is -4.46. The Kier molecular flexibility index (Phi) is 5.85. The van der Waals surface area contributed by atoms with E-state index < -0.39 is 17.6 Å². The largest absolute Gasteiger partial charge is 0.416 e. The van der Waals surface area contributed by atoms with E-state index >= 15 is 0 Å². The van der Waals surface area contributed by atoms with Crippen LogP contribution < -0.4 is 5.32 Å². The number of anilines is 1. The molecule has 0 bridgehead atoms. The number of halogens is 4. The van der Waals surface area contributed by atoms with Gasteiger partial charge in [-0.1, -0.05) is 45.9 Å². The molecule has 1 amide bonds. The number of amides is 1. The molecule has 2 N–H and O–H groups in total. The minimum absolute atomic E-state index is 0.0339. The highest BCUT2D eigenvalue weighted by Gasteiger charge is 2.30. The molecule has 0 aliphatic rings. The van der Waals surface area contributed by atoms with Crippen LogP contribution in [0.25, 0.3) is 11.4 Å². The monoisotopic (exact) mass is 456 g/mol. The van der Waals surface area contributed by atoms with Gasteiger partial charge in [-0.3, -0.25) is 9.89 Å². The molecule has 0 aliphatic heterocycles. The second kappa shape index (κ2) is 8.13. The summed E-state index contributed by atoms with van der Waals surface area (Å²) in [5.41, 5.74) is 0.105. The molecule has 2 aromatic carbocycles. The number of rotatable bonds is 5. The Labute approximate surface area is 164 Å².